The van der Waals surface area contributed by atoms with Gasteiger partial charge in [0.2, 0.25) is 11.5 Å². The van der Waals surface area contributed by atoms with Crippen LogP contribution < -0.4 is 9.47 Å². The SMILES string of the molecule is CC(C)(C)c1ccc(Oc2c(F)c(C#N)c(C#N)c(F)c2Oc2ccc(C(C)(C)C)cc2)cc1. The van der Waals surface area contributed by atoms with Gasteiger partial charge in [-0.25, -0.2) is 8.78 Å². The molecule has 0 atom stereocenters. The Morgan fingerprint density at radius 1 is 0.588 bits per heavy atom. The van der Waals surface area contributed by atoms with Gasteiger partial charge in [0.1, 0.15) is 34.8 Å². The number of halogens is 2. The van der Waals surface area contributed by atoms with Crippen molar-refractivity contribution in [3.63, 3.8) is 0 Å². The third-order valence-corrected chi connectivity index (χ3v) is 5.40. The van der Waals surface area contributed by atoms with E-state index < -0.39 is 34.3 Å². The normalized spacial score (nSPS) is 11.5. The zero-order valence-electron chi connectivity index (χ0n) is 20.1. The summed E-state index contributed by atoms with van der Waals surface area (Å²) < 4.78 is 41.9. The molecule has 0 spiro atoms. The van der Waals surface area contributed by atoms with E-state index in [1.807, 2.05) is 24.3 Å². The van der Waals surface area contributed by atoms with E-state index in [0.29, 0.717) is 0 Å². The second-order valence-electron chi connectivity index (χ2n) is 10.0. The minimum absolute atomic E-state index is 0.105. The monoisotopic (exact) mass is 460 g/mol. The van der Waals surface area contributed by atoms with Crippen molar-refractivity contribution < 1.29 is 18.3 Å². The van der Waals surface area contributed by atoms with Crippen molar-refractivity contribution in [3.05, 3.63) is 82.4 Å². The van der Waals surface area contributed by atoms with Crippen LogP contribution in [0.3, 0.4) is 0 Å². The molecular weight excluding hydrogens is 434 g/mol. The van der Waals surface area contributed by atoms with E-state index in [4.69, 9.17) is 9.47 Å². The number of nitriles is 2. The molecule has 0 N–H and O–H groups in total. The fourth-order valence-electron chi connectivity index (χ4n) is 3.32. The third kappa shape index (κ3) is 5.02. The van der Waals surface area contributed by atoms with Crippen molar-refractivity contribution in [2.45, 2.75) is 52.4 Å². The molecule has 4 nitrogen and oxygen atoms in total. The molecule has 0 aliphatic carbocycles. The van der Waals surface area contributed by atoms with Crippen molar-refractivity contribution >= 4 is 0 Å². The molecule has 0 bridgehead atoms. The fourth-order valence-corrected chi connectivity index (χ4v) is 3.32. The molecule has 0 heterocycles. The van der Waals surface area contributed by atoms with E-state index in [2.05, 4.69) is 41.5 Å². The summed E-state index contributed by atoms with van der Waals surface area (Å²) in [5, 5.41) is 18.7. The minimum Gasteiger partial charge on any atom is -0.450 e. The number of benzene rings is 3. The van der Waals surface area contributed by atoms with E-state index in [1.54, 1.807) is 36.4 Å². The van der Waals surface area contributed by atoms with Crippen LogP contribution in [0.25, 0.3) is 0 Å². The van der Waals surface area contributed by atoms with E-state index in [9.17, 15) is 10.5 Å². The maximum absolute atomic E-state index is 15.3. The first kappa shape index (κ1) is 24.7. The molecule has 0 unspecified atom stereocenters. The van der Waals surface area contributed by atoms with Gasteiger partial charge in [0.05, 0.1) is 0 Å². The highest BCUT2D eigenvalue weighted by Crippen LogP contribution is 2.43. The van der Waals surface area contributed by atoms with E-state index in [0.717, 1.165) is 11.1 Å². The Labute approximate surface area is 199 Å². The van der Waals surface area contributed by atoms with Crippen LogP contribution >= 0.6 is 0 Å². The lowest BCUT2D eigenvalue weighted by Gasteiger charge is -2.20. The van der Waals surface area contributed by atoms with Crippen LogP contribution in [0.1, 0.15) is 63.8 Å². The zero-order chi connectivity index (χ0) is 25.3. The highest BCUT2D eigenvalue weighted by molar-refractivity contribution is 5.60. The lowest BCUT2D eigenvalue weighted by Crippen LogP contribution is -2.10. The molecule has 0 radical (unpaired) electrons. The van der Waals surface area contributed by atoms with Crippen molar-refractivity contribution in [1.29, 1.82) is 10.5 Å². The Morgan fingerprint density at radius 2 is 0.882 bits per heavy atom. The standard InChI is InChI=1S/C28H26F2N2O2/c1-27(2,3)17-7-11-19(12-8-17)33-25-23(29)21(15-31)22(16-32)24(30)26(25)34-20-13-9-18(10-14-20)28(4,5)6/h7-14H,1-6H3. The predicted molar refractivity (Wildman–Crippen MR) is 126 cm³/mol. The molecule has 0 fully saturated rings. The summed E-state index contributed by atoms with van der Waals surface area (Å²) in [5.74, 6) is -3.07. The van der Waals surface area contributed by atoms with Gasteiger partial charge in [0.15, 0.2) is 11.6 Å². The number of nitrogens with zero attached hydrogens (tertiary/aromatic N) is 2. The average Bonchev–Trinajstić information content (AvgIpc) is 2.77. The molecule has 0 aliphatic heterocycles. The Morgan fingerprint density at radius 3 is 1.12 bits per heavy atom. The summed E-state index contributed by atoms with van der Waals surface area (Å²) >= 11 is 0. The summed E-state index contributed by atoms with van der Waals surface area (Å²) in [6.07, 6.45) is 0. The quantitative estimate of drug-likeness (QED) is 0.397. The van der Waals surface area contributed by atoms with Crippen LogP contribution in [0.15, 0.2) is 48.5 Å². The van der Waals surface area contributed by atoms with Crippen LogP contribution in [-0.4, -0.2) is 0 Å². The lowest BCUT2D eigenvalue weighted by atomic mass is 9.87. The molecule has 0 aliphatic rings. The van der Waals surface area contributed by atoms with Gasteiger partial charge in [-0.05, 0) is 46.2 Å². The van der Waals surface area contributed by atoms with Gasteiger partial charge in [-0.1, -0.05) is 65.8 Å². The molecule has 3 aromatic rings. The highest BCUT2D eigenvalue weighted by atomic mass is 19.1. The minimum atomic E-state index is -1.17. The van der Waals surface area contributed by atoms with Gasteiger partial charge in [-0.15, -0.1) is 0 Å². The zero-order valence-corrected chi connectivity index (χ0v) is 20.1. The number of ether oxygens (including phenoxy) is 2. The molecular formula is C28H26F2N2O2. The summed E-state index contributed by atoms with van der Waals surface area (Å²) in [7, 11) is 0. The summed E-state index contributed by atoms with van der Waals surface area (Å²) in [6.45, 7) is 12.3. The summed E-state index contributed by atoms with van der Waals surface area (Å²) in [6, 6.07) is 16.9. The van der Waals surface area contributed by atoms with E-state index in [1.165, 1.54) is 0 Å². The van der Waals surface area contributed by atoms with Gasteiger partial charge >= 0.3 is 0 Å². The number of hydrogen-bond donors (Lipinski definition) is 0. The molecule has 3 rings (SSSR count). The van der Waals surface area contributed by atoms with E-state index in [-0.39, 0.29) is 22.3 Å². The second-order valence-corrected chi connectivity index (χ2v) is 10.0. The molecule has 174 valence electrons. The van der Waals surface area contributed by atoms with Gasteiger partial charge in [0, 0.05) is 0 Å². The van der Waals surface area contributed by atoms with Gasteiger partial charge < -0.3 is 9.47 Å². The Kier molecular flexibility index (Phi) is 6.66. The van der Waals surface area contributed by atoms with Crippen molar-refractivity contribution in [2.75, 3.05) is 0 Å². The van der Waals surface area contributed by atoms with E-state index >= 15 is 8.78 Å². The fraction of sp³-hybridized carbons (Fsp3) is 0.286. The Hall–Kier alpha value is -3.90. The molecule has 0 saturated carbocycles. The average molecular weight is 461 g/mol. The number of rotatable bonds is 4. The first-order valence-corrected chi connectivity index (χ1v) is 10.8. The molecule has 34 heavy (non-hydrogen) atoms. The van der Waals surface area contributed by atoms with Crippen LogP contribution in [0, 0.1) is 34.3 Å². The maximum atomic E-state index is 15.3. The summed E-state index contributed by atoms with van der Waals surface area (Å²) in [5.41, 5.74) is 0.366. The Balaban J connectivity index is 2.10. The lowest BCUT2D eigenvalue weighted by molar-refractivity contribution is 0.373. The smallest absolute Gasteiger partial charge is 0.210 e. The number of hydrogen-bond acceptors (Lipinski definition) is 4. The van der Waals surface area contributed by atoms with Crippen LogP contribution in [-0.2, 0) is 10.8 Å². The van der Waals surface area contributed by atoms with Gasteiger partial charge in [-0.3, -0.25) is 0 Å². The third-order valence-electron chi connectivity index (χ3n) is 5.40. The highest BCUT2D eigenvalue weighted by Gasteiger charge is 2.29. The summed E-state index contributed by atoms with van der Waals surface area (Å²) in [4.78, 5) is 0. The molecule has 0 saturated heterocycles. The maximum Gasteiger partial charge on any atom is 0.210 e. The van der Waals surface area contributed by atoms with Crippen LogP contribution in [0.4, 0.5) is 8.78 Å². The van der Waals surface area contributed by atoms with Crippen molar-refractivity contribution in [2.24, 2.45) is 0 Å². The molecule has 3 aromatic carbocycles. The van der Waals surface area contributed by atoms with Gasteiger partial charge in [-0.2, -0.15) is 10.5 Å². The van der Waals surface area contributed by atoms with Crippen LogP contribution in [0.2, 0.25) is 0 Å². The predicted octanol–water partition coefficient (Wildman–Crippen LogP) is 7.89. The van der Waals surface area contributed by atoms with Crippen molar-refractivity contribution in [1.82, 2.24) is 0 Å². The topological polar surface area (TPSA) is 66.0 Å². The largest absolute Gasteiger partial charge is 0.450 e. The first-order valence-electron chi connectivity index (χ1n) is 10.8. The first-order chi connectivity index (χ1) is 15.9. The molecule has 0 amide bonds. The molecule has 6 heteroatoms. The second kappa shape index (κ2) is 9.15. The molecule has 0 aromatic heterocycles. The van der Waals surface area contributed by atoms with Crippen LogP contribution in [0.5, 0.6) is 23.0 Å². The van der Waals surface area contributed by atoms with Gasteiger partial charge in [0.25, 0.3) is 0 Å². The Bertz CT molecular complexity index is 1180. The van der Waals surface area contributed by atoms with Crippen molar-refractivity contribution in [3.8, 4) is 35.1 Å².